The van der Waals surface area contributed by atoms with E-state index in [0.29, 0.717) is 18.7 Å². The molecule has 0 saturated carbocycles. The molecule has 0 aliphatic heterocycles. The van der Waals surface area contributed by atoms with Gasteiger partial charge in [-0.25, -0.2) is 8.42 Å². The number of sulfone groups is 1. The molecule has 0 aromatic heterocycles. The van der Waals surface area contributed by atoms with Gasteiger partial charge in [-0.2, -0.15) is 0 Å². The molecule has 0 heterocycles. The maximum absolute atomic E-state index is 11.7. The molecule has 1 aromatic carbocycles. The number of carbonyl (C=O) groups excluding carboxylic acids is 1. The summed E-state index contributed by atoms with van der Waals surface area (Å²) >= 11 is 0. The van der Waals surface area contributed by atoms with Gasteiger partial charge in [-0.1, -0.05) is 12.1 Å². The molecule has 0 aliphatic carbocycles. The second-order valence-electron chi connectivity index (χ2n) is 4.45. The number of ether oxygens (including phenoxy) is 2. The average molecular weight is 315 g/mol. The van der Waals surface area contributed by atoms with E-state index in [0.717, 1.165) is 5.56 Å². The number of nitrogens with two attached hydrogens (primary N) is 1. The summed E-state index contributed by atoms with van der Waals surface area (Å²) in [6.45, 7) is 2.49. The van der Waals surface area contributed by atoms with E-state index in [4.69, 9.17) is 10.5 Å². The maximum Gasteiger partial charge on any atom is 0.321 e. The molecule has 1 aromatic rings. The quantitative estimate of drug-likeness (QED) is 0.537. The first-order valence-corrected chi connectivity index (χ1v) is 8.57. The number of benzene rings is 1. The summed E-state index contributed by atoms with van der Waals surface area (Å²) in [6.07, 6.45) is 0.314. The van der Waals surface area contributed by atoms with Gasteiger partial charge >= 0.3 is 5.97 Å². The van der Waals surface area contributed by atoms with E-state index >= 15 is 0 Å². The monoisotopic (exact) mass is 315 g/mol. The average Bonchev–Trinajstić information content (AvgIpc) is 2.43. The van der Waals surface area contributed by atoms with Crippen LogP contribution in [0, 0.1) is 0 Å². The largest absolute Gasteiger partial charge is 0.494 e. The van der Waals surface area contributed by atoms with E-state index < -0.39 is 21.6 Å². The van der Waals surface area contributed by atoms with E-state index in [9.17, 15) is 13.2 Å². The lowest BCUT2D eigenvalue weighted by atomic mass is 10.2. The summed E-state index contributed by atoms with van der Waals surface area (Å²) in [6, 6.07) is 7.31. The van der Waals surface area contributed by atoms with E-state index in [-0.39, 0.29) is 19.0 Å². The third-order valence-electron chi connectivity index (χ3n) is 2.65. The smallest absolute Gasteiger partial charge is 0.321 e. The fourth-order valence-corrected chi connectivity index (χ4v) is 2.83. The SMILES string of the molecule is CCOC(=O)CS(=O)(=O)CCCOc1cccc(CN)c1. The minimum absolute atomic E-state index is 0.109. The van der Waals surface area contributed by atoms with E-state index in [1.54, 1.807) is 13.0 Å². The Morgan fingerprint density at radius 3 is 2.76 bits per heavy atom. The van der Waals surface area contributed by atoms with Crippen molar-refractivity contribution in [1.82, 2.24) is 0 Å². The van der Waals surface area contributed by atoms with Crippen LogP contribution in [0.3, 0.4) is 0 Å². The number of hydrogen-bond acceptors (Lipinski definition) is 6. The van der Waals surface area contributed by atoms with Gasteiger partial charge in [0.25, 0.3) is 0 Å². The summed E-state index contributed by atoms with van der Waals surface area (Å²) in [4.78, 5) is 11.1. The topological polar surface area (TPSA) is 95.7 Å². The van der Waals surface area contributed by atoms with Gasteiger partial charge in [0.05, 0.1) is 19.0 Å². The van der Waals surface area contributed by atoms with Crippen molar-refractivity contribution in [2.75, 3.05) is 24.7 Å². The Kier molecular flexibility index (Phi) is 7.18. The van der Waals surface area contributed by atoms with Crippen LogP contribution in [-0.4, -0.2) is 39.1 Å². The fraction of sp³-hybridized carbons (Fsp3) is 0.500. The Hall–Kier alpha value is -1.60. The van der Waals surface area contributed by atoms with Gasteiger partial charge in [-0.05, 0) is 31.0 Å². The zero-order valence-corrected chi connectivity index (χ0v) is 12.9. The number of esters is 1. The lowest BCUT2D eigenvalue weighted by Gasteiger charge is -2.08. The molecule has 2 N–H and O–H groups in total. The standard InChI is InChI=1S/C14H21NO5S/c1-2-19-14(16)11-21(17,18)8-4-7-20-13-6-3-5-12(9-13)10-15/h3,5-6,9H,2,4,7-8,10-11,15H2,1H3. The number of hydrogen-bond donors (Lipinski definition) is 1. The molecule has 0 saturated heterocycles. The Labute approximate surface area is 125 Å². The molecule has 0 fully saturated rings. The van der Waals surface area contributed by atoms with Crippen molar-refractivity contribution in [3.05, 3.63) is 29.8 Å². The van der Waals surface area contributed by atoms with Crippen molar-refractivity contribution in [2.24, 2.45) is 5.73 Å². The molecule has 0 aliphatic rings. The number of rotatable bonds is 9. The Morgan fingerprint density at radius 2 is 2.10 bits per heavy atom. The predicted molar refractivity (Wildman–Crippen MR) is 79.7 cm³/mol. The van der Waals surface area contributed by atoms with Crippen molar-refractivity contribution >= 4 is 15.8 Å². The van der Waals surface area contributed by atoms with Crippen molar-refractivity contribution in [3.63, 3.8) is 0 Å². The van der Waals surface area contributed by atoms with Gasteiger partial charge in [0.1, 0.15) is 11.5 Å². The molecule has 21 heavy (non-hydrogen) atoms. The van der Waals surface area contributed by atoms with Crippen LogP contribution in [-0.2, 0) is 25.9 Å². The predicted octanol–water partition coefficient (Wildman–Crippen LogP) is 0.892. The molecule has 0 unspecified atom stereocenters. The normalized spacial score (nSPS) is 11.1. The summed E-state index contributed by atoms with van der Waals surface area (Å²) in [5.41, 5.74) is 6.47. The summed E-state index contributed by atoms with van der Waals surface area (Å²) in [5, 5.41) is 0. The Balaban J connectivity index is 2.34. The van der Waals surface area contributed by atoms with Crippen molar-refractivity contribution < 1.29 is 22.7 Å². The van der Waals surface area contributed by atoms with Crippen LogP contribution in [0.2, 0.25) is 0 Å². The van der Waals surface area contributed by atoms with Gasteiger partial charge in [-0.3, -0.25) is 4.79 Å². The highest BCUT2D eigenvalue weighted by Crippen LogP contribution is 2.13. The van der Waals surface area contributed by atoms with Crippen LogP contribution in [0.5, 0.6) is 5.75 Å². The zero-order valence-electron chi connectivity index (χ0n) is 12.1. The molecular weight excluding hydrogens is 294 g/mol. The first-order valence-electron chi connectivity index (χ1n) is 6.74. The second-order valence-corrected chi connectivity index (χ2v) is 6.63. The highest BCUT2D eigenvalue weighted by Gasteiger charge is 2.17. The van der Waals surface area contributed by atoms with Gasteiger partial charge in [0.15, 0.2) is 9.84 Å². The van der Waals surface area contributed by atoms with Crippen molar-refractivity contribution in [3.8, 4) is 5.75 Å². The molecule has 0 amide bonds. The minimum atomic E-state index is -3.44. The van der Waals surface area contributed by atoms with Crippen molar-refractivity contribution in [2.45, 2.75) is 19.9 Å². The molecule has 0 spiro atoms. The van der Waals surface area contributed by atoms with Gasteiger partial charge < -0.3 is 15.2 Å². The molecular formula is C14H21NO5S. The molecule has 118 valence electrons. The maximum atomic E-state index is 11.7. The van der Waals surface area contributed by atoms with Gasteiger partial charge in [0.2, 0.25) is 0 Å². The van der Waals surface area contributed by atoms with E-state index in [2.05, 4.69) is 4.74 Å². The molecule has 6 nitrogen and oxygen atoms in total. The third kappa shape index (κ3) is 7.10. The molecule has 1 rings (SSSR count). The summed E-state index contributed by atoms with van der Waals surface area (Å²) in [7, 11) is -3.44. The van der Waals surface area contributed by atoms with Crippen LogP contribution < -0.4 is 10.5 Å². The molecule has 0 atom stereocenters. The van der Waals surface area contributed by atoms with Gasteiger partial charge in [-0.15, -0.1) is 0 Å². The molecule has 7 heteroatoms. The van der Waals surface area contributed by atoms with Crippen LogP contribution in [0.4, 0.5) is 0 Å². The molecule has 0 radical (unpaired) electrons. The van der Waals surface area contributed by atoms with Crippen molar-refractivity contribution in [1.29, 1.82) is 0 Å². The highest BCUT2D eigenvalue weighted by molar-refractivity contribution is 7.92. The minimum Gasteiger partial charge on any atom is -0.494 e. The van der Waals surface area contributed by atoms with E-state index in [1.807, 2.05) is 18.2 Å². The lowest BCUT2D eigenvalue weighted by Crippen LogP contribution is -2.21. The third-order valence-corrected chi connectivity index (χ3v) is 4.23. The Bertz CT molecular complexity index is 556. The van der Waals surface area contributed by atoms with Crippen LogP contribution >= 0.6 is 0 Å². The number of carbonyl (C=O) groups is 1. The first-order chi connectivity index (χ1) is 9.96. The Morgan fingerprint density at radius 1 is 1.33 bits per heavy atom. The highest BCUT2D eigenvalue weighted by atomic mass is 32.2. The van der Waals surface area contributed by atoms with Crippen LogP contribution in [0.1, 0.15) is 18.9 Å². The summed E-state index contributed by atoms with van der Waals surface area (Å²) < 4.78 is 33.4. The fourth-order valence-electron chi connectivity index (χ4n) is 1.69. The zero-order chi connectivity index (χ0) is 15.7. The van der Waals surface area contributed by atoms with Crippen LogP contribution in [0.15, 0.2) is 24.3 Å². The van der Waals surface area contributed by atoms with Crippen LogP contribution in [0.25, 0.3) is 0 Å². The molecule has 0 bridgehead atoms. The van der Waals surface area contributed by atoms with Gasteiger partial charge in [0, 0.05) is 6.54 Å². The summed E-state index contributed by atoms with van der Waals surface area (Å²) in [5.74, 6) is -0.749. The second kappa shape index (κ2) is 8.63. The first kappa shape index (κ1) is 17.5. The van der Waals surface area contributed by atoms with E-state index in [1.165, 1.54) is 0 Å². The lowest BCUT2D eigenvalue weighted by molar-refractivity contribution is -0.139.